The summed E-state index contributed by atoms with van der Waals surface area (Å²) in [5.74, 6) is 0. The van der Waals surface area contributed by atoms with Crippen LogP contribution in [-0.4, -0.2) is 10.8 Å². The van der Waals surface area contributed by atoms with Gasteiger partial charge in [0.15, 0.2) is 5.11 Å². The summed E-state index contributed by atoms with van der Waals surface area (Å²) in [7, 11) is 0. The molecule has 0 bridgehead atoms. The number of nitrogens with zero attached hydrogens (tertiary/aromatic N) is 1. The molecule has 0 aliphatic rings. The molecule has 110 valence electrons. The minimum absolute atomic E-state index is 0.0222. The van der Waals surface area contributed by atoms with Gasteiger partial charge in [0.2, 0.25) is 0 Å². The number of hydrogen-bond donors (Lipinski definition) is 2. The smallest absolute Gasteiger partial charge is 0.375 e. The SMILES string of the molecule is CCCC/C(=N/NC(N)=S)c1cccc(C(F)(F)F)c1. The molecule has 0 amide bonds. The number of hydrogen-bond acceptors (Lipinski definition) is 2. The van der Waals surface area contributed by atoms with Crippen molar-refractivity contribution >= 4 is 23.0 Å². The molecule has 1 rings (SSSR count). The summed E-state index contributed by atoms with van der Waals surface area (Å²) >= 11 is 4.64. The van der Waals surface area contributed by atoms with Gasteiger partial charge in [-0.25, -0.2) is 0 Å². The molecule has 0 heterocycles. The van der Waals surface area contributed by atoms with Crippen LogP contribution in [0.1, 0.15) is 37.3 Å². The standard InChI is InChI=1S/C13H16F3N3S/c1-2-3-7-11(18-19-12(17)20)9-5-4-6-10(8-9)13(14,15)16/h4-6,8H,2-3,7H2,1H3,(H3,17,19,20)/b18-11-. The highest BCUT2D eigenvalue weighted by atomic mass is 32.1. The van der Waals surface area contributed by atoms with Gasteiger partial charge < -0.3 is 5.73 Å². The van der Waals surface area contributed by atoms with Gasteiger partial charge in [0.1, 0.15) is 0 Å². The monoisotopic (exact) mass is 303 g/mol. The van der Waals surface area contributed by atoms with Crippen molar-refractivity contribution in [2.45, 2.75) is 32.4 Å². The summed E-state index contributed by atoms with van der Waals surface area (Å²) in [6.45, 7) is 1.99. The minimum atomic E-state index is -4.37. The fourth-order valence-corrected chi connectivity index (χ4v) is 1.65. The first kappa shape index (κ1) is 16.4. The predicted molar refractivity (Wildman–Crippen MR) is 77.4 cm³/mol. The van der Waals surface area contributed by atoms with E-state index in [1.165, 1.54) is 6.07 Å². The second kappa shape index (κ2) is 7.23. The van der Waals surface area contributed by atoms with E-state index < -0.39 is 11.7 Å². The van der Waals surface area contributed by atoms with E-state index in [-0.39, 0.29) is 5.11 Å². The quantitative estimate of drug-likeness (QED) is 0.498. The van der Waals surface area contributed by atoms with Crippen LogP contribution in [0, 0.1) is 0 Å². The molecule has 0 aliphatic carbocycles. The molecular weight excluding hydrogens is 287 g/mol. The van der Waals surface area contributed by atoms with Gasteiger partial charge in [-0.05, 0) is 42.8 Å². The Bertz CT molecular complexity index is 498. The van der Waals surface area contributed by atoms with Gasteiger partial charge in [0.05, 0.1) is 11.3 Å². The van der Waals surface area contributed by atoms with Crippen molar-refractivity contribution in [1.82, 2.24) is 5.43 Å². The zero-order valence-corrected chi connectivity index (χ0v) is 11.8. The first-order valence-corrected chi connectivity index (χ1v) is 6.55. The molecule has 0 aromatic heterocycles. The third kappa shape index (κ3) is 5.16. The number of halogens is 3. The van der Waals surface area contributed by atoms with Crippen LogP contribution in [-0.2, 0) is 6.18 Å². The summed E-state index contributed by atoms with van der Waals surface area (Å²) < 4.78 is 38.1. The molecule has 7 heteroatoms. The maximum absolute atomic E-state index is 12.7. The summed E-state index contributed by atoms with van der Waals surface area (Å²) in [5.41, 5.74) is 7.93. The molecule has 3 nitrogen and oxygen atoms in total. The van der Waals surface area contributed by atoms with Crippen LogP contribution in [0.15, 0.2) is 29.4 Å². The number of nitrogens with two attached hydrogens (primary N) is 1. The highest BCUT2D eigenvalue weighted by Crippen LogP contribution is 2.29. The van der Waals surface area contributed by atoms with E-state index in [9.17, 15) is 13.2 Å². The molecule has 20 heavy (non-hydrogen) atoms. The van der Waals surface area contributed by atoms with Gasteiger partial charge in [-0.2, -0.15) is 18.3 Å². The van der Waals surface area contributed by atoms with Crippen LogP contribution in [0.25, 0.3) is 0 Å². The highest BCUT2D eigenvalue weighted by molar-refractivity contribution is 7.80. The summed E-state index contributed by atoms with van der Waals surface area (Å²) in [5, 5.41) is 3.97. The minimum Gasteiger partial charge on any atom is -0.375 e. The van der Waals surface area contributed by atoms with E-state index in [1.54, 1.807) is 6.07 Å². The van der Waals surface area contributed by atoms with E-state index in [2.05, 4.69) is 22.7 Å². The molecule has 0 aliphatic heterocycles. The van der Waals surface area contributed by atoms with E-state index in [0.29, 0.717) is 17.7 Å². The molecule has 1 aromatic rings. The van der Waals surface area contributed by atoms with Crippen LogP contribution in [0.5, 0.6) is 0 Å². The Hall–Kier alpha value is -1.63. The highest BCUT2D eigenvalue weighted by Gasteiger charge is 2.30. The first-order chi connectivity index (χ1) is 9.34. The number of hydrazone groups is 1. The van der Waals surface area contributed by atoms with Crippen molar-refractivity contribution in [2.75, 3.05) is 0 Å². The molecule has 0 fully saturated rings. The number of alkyl halides is 3. The van der Waals surface area contributed by atoms with E-state index in [4.69, 9.17) is 5.73 Å². The zero-order chi connectivity index (χ0) is 15.2. The van der Waals surface area contributed by atoms with Crippen LogP contribution < -0.4 is 11.2 Å². The van der Waals surface area contributed by atoms with Crippen molar-refractivity contribution in [3.05, 3.63) is 35.4 Å². The first-order valence-electron chi connectivity index (χ1n) is 6.14. The van der Waals surface area contributed by atoms with Gasteiger partial charge in [-0.15, -0.1) is 0 Å². The average molecular weight is 303 g/mol. The van der Waals surface area contributed by atoms with Crippen molar-refractivity contribution < 1.29 is 13.2 Å². The van der Waals surface area contributed by atoms with Crippen LogP contribution in [0.4, 0.5) is 13.2 Å². The van der Waals surface area contributed by atoms with Gasteiger partial charge in [0.25, 0.3) is 0 Å². The lowest BCUT2D eigenvalue weighted by molar-refractivity contribution is -0.137. The molecule has 0 saturated carbocycles. The lowest BCUT2D eigenvalue weighted by atomic mass is 10.0. The fraction of sp³-hybridized carbons (Fsp3) is 0.385. The van der Waals surface area contributed by atoms with Crippen molar-refractivity contribution in [1.29, 1.82) is 0 Å². The van der Waals surface area contributed by atoms with Crippen LogP contribution in [0.2, 0.25) is 0 Å². The van der Waals surface area contributed by atoms with Gasteiger partial charge in [-0.1, -0.05) is 25.5 Å². The number of nitrogens with one attached hydrogen (secondary N) is 1. The predicted octanol–water partition coefficient (Wildman–Crippen LogP) is 3.43. The van der Waals surface area contributed by atoms with Gasteiger partial charge >= 0.3 is 6.18 Å². The van der Waals surface area contributed by atoms with Crippen molar-refractivity contribution in [3.63, 3.8) is 0 Å². The Morgan fingerprint density at radius 2 is 2.10 bits per heavy atom. The molecule has 0 saturated heterocycles. The summed E-state index contributed by atoms with van der Waals surface area (Å²) in [6.07, 6.45) is -2.10. The van der Waals surface area contributed by atoms with E-state index in [1.807, 2.05) is 6.92 Å². The van der Waals surface area contributed by atoms with Crippen molar-refractivity contribution in [2.24, 2.45) is 10.8 Å². The Balaban J connectivity index is 3.07. The molecule has 0 atom stereocenters. The average Bonchev–Trinajstić information content (AvgIpc) is 2.38. The maximum Gasteiger partial charge on any atom is 0.416 e. The molecular formula is C13H16F3N3S. The number of rotatable bonds is 5. The molecule has 3 N–H and O–H groups in total. The molecule has 0 unspecified atom stereocenters. The van der Waals surface area contributed by atoms with E-state index in [0.717, 1.165) is 25.0 Å². The maximum atomic E-state index is 12.7. The molecule has 0 radical (unpaired) electrons. The summed E-state index contributed by atoms with van der Waals surface area (Å²) in [6, 6.07) is 5.06. The second-order valence-electron chi connectivity index (χ2n) is 4.22. The Morgan fingerprint density at radius 3 is 2.65 bits per heavy atom. The largest absolute Gasteiger partial charge is 0.416 e. The Kier molecular flexibility index (Phi) is 5.94. The normalized spacial score (nSPS) is 12.3. The lowest BCUT2D eigenvalue weighted by Gasteiger charge is -2.11. The van der Waals surface area contributed by atoms with Crippen LogP contribution >= 0.6 is 12.2 Å². The topological polar surface area (TPSA) is 50.4 Å². The summed E-state index contributed by atoms with van der Waals surface area (Å²) in [4.78, 5) is 0. The molecule has 1 aromatic carbocycles. The Morgan fingerprint density at radius 1 is 1.40 bits per heavy atom. The molecule has 0 spiro atoms. The third-order valence-electron chi connectivity index (χ3n) is 2.59. The number of benzene rings is 1. The fourth-order valence-electron chi connectivity index (χ4n) is 1.61. The van der Waals surface area contributed by atoms with Gasteiger partial charge in [0, 0.05) is 0 Å². The van der Waals surface area contributed by atoms with Crippen molar-refractivity contribution in [3.8, 4) is 0 Å². The van der Waals surface area contributed by atoms with E-state index >= 15 is 0 Å². The second-order valence-corrected chi connectivity index (χ2v) is 4.66. The lowest BCUT2D eigenvalue weighted by Crippen LogP contribution is -2.25. The van der Waals surface area contributed by atoms with Crippen LogP contribution in [0.3, 0.4) is 0 Å². The van der Waals surface area contributed by atoms with Gasteiger partial charge in [-0.3, -0.25) is 5.43 Å². The zero-order valence-electron chi connectivity index (χ0n) is 11.0. The number of unbranched alkanes of at least 4 members (excludes halogenated alkanes) is 1. The number of thiocarbonyl (C=S) groups is 1. The Labute approximate surface area is 121 Å². The third-order valence-corrected chi connectivity index (χ3v) is 2.68.